The Bertz CT molecular complexity index is 464. The van der Waals surface area contributed by atoms with E-state index in [0.717, 1.165) is 0 Å². The largest absolute Gasteiger partial charge is 0.460 e. The fourth-order valence-corrected chi connectivity index (χ4v) is 1.19. The first-order valence-corrected chi connectivity index (χ1v) is 5.20. The number of alkyl halides is 13. The van der Waals surface area contributed by atoms with Crippen molar-refractivity contribution in [3.63, 3.8) is 0 Å². The van der Waals surface area contributed by atoms with Crippen LogP contribution in [-0.4, -0.2) is 35.8 Å². The molecule has 0 aliphatic rings. The molecule has 0 rings (SSSR count). The highest BCUT2D eigenvalue weighted by atomic mass is 19.4. The molecule has 0 saturated heterocycles. The molecule has 136 valence electrons. The summed E-state index contributed by atoms with van der Waals surface area (Å²) in [5.41, 5.74) is 0. The van der Waals surface area contributed by atoms with Crippen molar-refractivity contribution in [3.05, 3.63) is 0 Å². The van der Waals surface area contributed by atoms with Crippen LogP contribution in [0.4, 0.5) is 57.1 Å². The maximum atomic E-state index is 13.0. The first kappa shape index (κ1) is 21.6. The van der Waals surface area contributed by atoms with Crippen molar-refractivity contribution in [3.8, 4) is 12.3 Å². The Balaban J connectivity index is 6.10. The Morgan fingerprint density at radius 3 is 1.22 bits per heavy atom. The van der Waals surface area contributed by atoms with Gasteiger partial charge in [0, 0.05) is 12.8 Å². The van der Waals surface area contributed by atoms with Gasteiger partial charge >= 0.3 is 35.8 Å². The minimum Gasteiger partial charge on any atom is -0.200 e. The smallest absolute Gasteiger partial charge is 0.200 e. The average molecular weight is 372 g/mol. The van der Waals surface area contributed by atoms with Crippen molar-refractivity contribution in [1.29, 1.82) is 0 Å². The molecule has 13 heteroatoms. The van der Waals surface area contributed by atoms with Crippen LogP contribution in [0, 0.1) is 12.3 Å². The van der Waals surface area contributed by atoms with Gasteiger partial charge in [-0.1, -0.05) is 0 Å². The molecule has 0 aliphatic heterocycles. The van der Waals surface area contributed by atoms with Crippen LogP contribution in [-0.2, 0) is 0 Å². The van der Waals surface area contributed by atoms with E-state index >= 15 is 0 Å². The van der Waals surface area contributed by atoms with E-state index in [1.54, 1.807) is 0 Å². The highest BCUT2D eigenvalue weighted by molar-refractivity contribution is 5.10. The molecule has 0 aromatic rings. The summed E-state index contributed by atoms with van der Waals surface area (Å²) in [6.07, 6.45) is -6.74. The molecule has 0 unspecified atom stereocenters. The van der Waals surface area contributed by atoms with Crippen molar-refractivity contribution in [2.75, 3.05) is 0 Å². The van der Waals surface area contributed by atoms with Gasteiger partial charge in [0.15, 0.2) is 0 Å². The van der Waals surface area contributed by atoms with E-state index in [9.17, 15) is 57.1 Å². The number of hydrogen-bond donors (Lipinski definition) is 0. The topological polar surface area (TPSA) is 0 Å². The van der Waals surface area contributed by atoms with Gasteiger partial charge in [-0.25, -0.2) is 0 Å². The average Bonchev–Trinajstić information content (AvgIpc) is 2.34. The number of terminal acetylenes is 1. The van der Waals surface area contributed by atoms with Crippen LogP contribution in [0.5, 0.6) is 0 Å². The summed E-state index contributed by atoms with van der Waals surface area (Å²) in [5.74, 6) is -35.3. The minimum absolute atomic E-state index is 1.27. The molecular weight excluding hydrogens is 367 g/mol. The molecule has 0 saturated carbocycles. The van der Waals surface area contributed by atoms with Gasteiger partial charge in [0.2, 0.25) is 0 Å². The van der Waals surface area contributed by atoms with Gasteiger partial charge in [0.25, 0.3) is 0 Å². The first-order valence-electron chi connectivity index (χ1n) is 5.20. The number of halogens is 13. The third-order valence-corrected chi connectivity index (χ3v) is 2.58. The Kier molecular flexibility index (Phi) is 5.29. The lowest BCUT2D eigenvalue weighted by Crippen LogP contribution is -2.70. The fraction of sp³-hybridized carbons (Fsp3) is 0.800. The van der Waals surface area contributed by atoms with Gasteiger partial charge in [-0.2, -0.15) is 57.1 Å². The van der Waals surface area contributed by atoms with Crippen molar-refractivity contribution in [1.82, 2.24) is 0 Å². The van der Waals surface area contributed by atoms with Crippen molar-refractivity contribution in [2.45, 2.75) is 48.6 Å². The van der Waals surface area contributed by atoms with Gasteiger partial charge in [0.05, 0.1) is 0 Å². The summed E-state index contributed by atoms with van der Waals surface area (Å²) in [5, 5.41) is 0. The summed E-state index contributed by atoms with van der Waals surface area (Å²) in [6.45, 7) is 0. The second kappa shape index (κ2) is 5.62. The SMILES string of the molecule is C#CCCC(F)(F)C(F)(F)C(F)(F)C(F)(F)C(F)(F)C(F)(F)F. The summed E-state index contributed by atoms with van der Waals surface area (Å²) < 4.78 is 163. The van der Waals surface area contributed by atoms with Crippen LogP contribution in [0.15, 0.2) is 0 Å². The minimum atomic E-state index is -7.86. The van der Waals surface area contributed by atoms with Crippen molar-refractivity contribution < 1.29 is 57.1 Å². The van der Waals surface area contributed by atoms with Crippen molar-refractivity contribution in [2.24, 2.45) is 0 Å². The molecule has 0 N–H and O–H groups in total. The molecule has 0 aliphatic carbocycles. The Hall–Kier alpha value is -1.35. The molecule has 0 radical (unpaired) electrons. The number of rotatable bonds is 6. The van der Waals surface area contributed by atoms with Crippen LogP contribution in [0.2, 0.25) is 0 Å². The predicted octanol–water partition coefficient (Wildman–Crippen LogP) is 5.14. The lowest BCUT2D eigenvalue weighted by Gasteiger charge is -2.39. The van der Waals surface area contributed by atoms with Crippen LogP contribution in [0.25, 0.3) is 0 Å². The summed E-state index contributed by atoms with van der Waals surface area (Å²) >= 11 is 0. The van der Waals surface area contributed by atoms with Gasteiger partial charge < -0.3 is 0 Å². The lowest BCUT2D eigenvalue weighted by atomic mass is 9.92. The maximum absolute atomic E-state index is 13.0. The quantitative estimate of drug-likeness (QED) is 0.448. The first-order chi connectivity index (χ1) is 9.81. The monoisotopic (exact) mass is 372 g/mol. The van der Waals surface area contributed by atoms with Crippen LogP contribution in [0.1, 0.15) is 12.8 Å². The van der Waals surface area contributed by atoms with E-state index in [0.29, 0.717) is 0 Å². The van der Waals surface area contributed by atoms with Crippen LogP contribution < -0.4 is 0 Å². The second-order valence-electron chi connectivity index (χ2n) is 4.20. The summed E-state index contributed by atoms with van der Waals surface area (Å²) in [6, 6.07) is 0. The fourth-order valence-electron chi connectivity index (χ4n) is 1.19. The Morgan fingerprint density at radius 1 is 0.565 bits per heavy atom. The lowest BCUT2D eigenvalue weighted by molar-refractivity contribution is -0.440. The van der Waals surface area contributed by atoms with E-state index in [-0.39, 0.29) is 0 Å². The zero-order valence-electron chi connectivity index (χ0n) is 10.4. The Morgan fingerprint density at radius 2 is 0.913 bits per heavy atom. The molecule has 0 amide bonds. The molecule has 0 spiro atoms. The molecule has 23 heavy (non-hydrogen) atoms. The highest BCUT2D eigenvalue weighted by Gasteiger charge is 2.90. The normalized spacial score (nSPS) is 15.5. The highest BCUT2D eigenvalue weighted by Crippen LogP contribution is 2.60. The van der Waals surface area contributed by atoms with E-state index in [4.69, 9.17) is 0 Å². The van der Waals surface area contributed by atoms with Gasteiger partial charge in [0.1, 0.15) is 0 Å². The van der Waals surface area contributed by atoms with Crippen molar-refractivity contribution >= 4 is 0 Å². The third-order valence-electron chi connectivity index (χ3n) is 2.58. The Labute approximate surface area is 119 Å². The zero-order valence-corrected chi connectivity index (χ0v) is 10.4. The predicted molar refractivity (Wildman–Crippen MR) is 48.9 cm³/mol. The van der Waals surface area contributed by atoms with Gasteiger partial charge in [-0.05, 0) is 0 Å². The summed E-state index contributed by atoms with van der Waals surface area (Å²) in [4.78, 5) is 0. The molecule has 0 atom stereocenters. The van der Waals surface area contributed by atoms with E-state index in [1.807, 2.05) is 0 Å². The molecule has 0 bridgehead atoms. The zero-order chi connectivity index (χ0) is 19.1. The van der Waals surface area contributed by atoms with E-state index in [1.165, 1.54) is 5.92 Å². The maximum Gasteiger partial charge on any atom is 0.460 e. The van der Waals surface area contributed by atoms with Gasteiger partial charge in [-0.15, -0.1) is 12.3 Å². The molecule has 0 fully saturated rings. The summed E-state index contributed by atoms with van der Waals surface area (Å²) in [7, 11) is 0. The molecule has 0 aromatic carbocycles. The molecule has 0 nitrogen and oxygen atoms in total. The molecule has 0 aromatic heterocycles. The molecular formula is C10H5F13. The van der Waals surface area contributed by atoms with E-state index < -0.39 is 48.6 Å². The standard InChI is InChI=1S/C10H5F13/c1-2-3-4-5(11,12)6(13,14)7(15,16)8(17,18)9(19,20)10(21,22)23/h1H,3-4H2. The van der Waals surface area contributed by atoms with E-state index in [2.05, 4.69) is 6.42 Å². The molecule has 0 heterocycles. The van der Waals surface area contributed by atoms with Crippen LogP contribution in [0.3, 0.4) is 0 Å². The van der Waals surface area contributed by atoms with Crippen LogP contribution >= 0.6 is 0 Å². The second-order valence-corrected chi connectivity index (χ2v) is 4.20. The van der Waals surface area contributed by atoms with Gasteiger partial charge in [-0.3, -0.25) is 0 Å². The third kappa shape index (κ3) is 3.03. The number of hydrogen-bond acceptors (Lipinski definition) is 0.